The van der Waals surface area contributed by atoms with E-state index in [0.29, 0.717) is 0 Å². The molecule has 0 amide bonds. The minimum absolute atomic E-state index is 1.19. The van der Waals surface area contributed by atoms with Crippen molar-refractivity contribution in [2.24, 2.45) is 0 Å². The van der Waals surface area contributed by atoms with Crippen LogP contribution >= 0.6 is 0 Å². The van der Waals surface area contributed by atoms with Crippen molar-refractivity contribution in [3.63, 3.8) is 0 Å². The van der Waals surface area contributed by atoms with Gasteiger partial charge in [-0.3, -0.25) is 0 Å². The summed E-state index contributed by atoms with van der Waals surface area (Å²) in [5, 5.41) is 0. The highest BCUT2D eigenvalue weighted by Crippen LogP contribution is 2.13. The predicted octanol–water partition coefficient (Wildman–Crippen LogP) is 6.54. The molecule has 116 valence electrons. The van der Waals surface area contributed by atoms with E-state index in [9.17, 15) is 0 Å². The zero-order valence-corrected chi connectivity index (χ0v) is 14.0. The molecule has 22 heavy (non-hydrogen) atoms. The van der Waals surface area contributed by atoms with Gasteiger partial charge in [-0.15, -0.1) is 0 Å². The minimum Gasteiger partial charge on any atom is -0.0654 e. The maximum atomic E-state index is 2.25. The smallest absolute Gasteiger partial charge is 0.0256 e. The molecule has 0 N–H and O–H groups in total. The maximum absolute atomic E-state index is 2.25. The SMILES string of the molecule is CCCCc1ccc(/C=C\c2ccc(CCCC)cc2)cc1. The van der Waals surface area contributed by atoms with Gasteiger partial charge in [0.1, 0.15) is 0 Å². The number of hydrogen-bond donors (Lipinski definition) is 0. The molecule has 0 saturated heterocycles. The van der Waals surface area contributed by atoms with Gasteiger partial charge in [0, 0.05) is 0 Å². The van der Waals surface area contributed by atoms with Crippen LogP contribution in [0.4, 0.5) is 0 Å². The molecule has 0 aliphatic rings. The van der Waals surface area contributed by atoms with Gasteiger partial charge in [-0.1, -0.05) is 87.4 Å². The zero-order chi connectivity index (χ0) is 15.6. The summed E-state index contributed by atoms with van der Waals surface area (Å²) in [6, 6.07) is 17.9. The largest absolute Gasteiger partial charge is 0.0654 e. The molecule has 0 spiro atoms. The lowest BCUT2D eigenvalue weighted by Gasteiger charge is -2.02. The van der Waals surface area contributed by atoms with Crippen LogP contribution in [0.3, 0.4) is 0 Å². The van der Waals surface area contributed by atoms with Crippen molar-refractivity contribution in [1.82, 2.24) is 0 Å². The van der Waals surface area contributed by atoms with E-state index < -0.39 is 0 Å². The van der Waals surface area contributed by atoms with Gasteiger partial charge in [-0.25, -0.2) is 0 Å². The fourth-order valence-electron chi connectivity index (χ4n) is 2.55. The van der Waals surface area contributed by atoms with Crippen LogP contribution < -0.4 is 0 Å². The van der Waals surface area contributed by atoms with E-state index in [1.54, 1.807) is 0 Å². The second-order valence-corrected chi connectivity index (χ2v) is 6.02. The van der Waals surface area contributed by atoms with Gasteiger partial charge in [0.25, 0.3) is 0 Å². The van der Waals surface area contributed by atoms with Crippen LogP contribution in [-0.2, 0) is 12.8 Å². The maximum Gasteiger partial charge on any atom is -0.0256 e. The monoisotopic (exact) mass is 292 g/mol. The topological polar surface area (TPSA) is 0 Å². The Balaban J connectivity index is 1.93. The molecule has 0 heterocycles. The number of rotatable bonds is 8. The lowest BCUT2D eigenvalue weighted by Crippen LogP contribution is -1.85. The van der Waals surface area contributed by atoms with Crippen LogP contribution in [-0.4, -0.2) is 0 Å². The summed E-state index contributed by atoms with van der Waals surface area (Å²) < 4.78 is 0. The molecule has 0 radical (unpaired) electrons. The van der Waals surface area contributed by atoms with Crippen LogP contribution in [0.15, 0.2) is 48.5 Å². The number of unbranched alkanes of at least 4 members (excludes halogenated alkanes) is 2. The highest BCUT2D eigenvalue weighted by molar-refractivity contribution is 5.69. The predicted molar refractivity (Wildman–Crippen MR) is 99.0 cm³/mol. The molecule has 0 fully saturated rings. The highest BCUT2D eigenvalue weighted by atomic mass is 14.0. The van der Waals surface area contributed by atoms with Crippen molar-refractivity contribution >= 4 is 12.2 Å². The Labute approximate surface area is 135 Å². The quantitative estimate of drug-likeness (QED) is 0.484. The van der Waals surface area contributed by atoms with Crippen molar-refractivity contribution in [3.8, 4) is 0 Å². The van der Waals surface area contributed by atoms with Gasteiger partial charge in [-0.05, 0) is 47.9 Å². The molecular formula is C22H28. The molecule has 2 aromatic rings. The van der Waals surface area contributed by atoms with Crippen LogP contribution in [0.25, 0.3) is 12.2 Å². The summed E-state index contributed by atoms with van der Waals surface area (Å²) in [5.41, 5.74) is 5.43. The van der Waals surface area contributed by atoms with Gasteiger partial charge >= 0.3 is 0 Å². The first-order valence-corrected chi connectivity index (χ1v) is 8.67. The van der Waals surface area contributed by atoms with Crippen molar-refractivity contribution in [3.05, 3.63) is 70.8 Å². The van der Waals surface area contributed by atoms with E-state index in [0.717, 1.165) is 0 Å². The first kappa shape index (κ1) is 16.5. The van der Waals surface area contributed by atoms with E-state index >= 15 is 0 Å². The standard InChI is InChI=1S/C22H28/c1-3-5-7-19-9-13-21(14-10-19)17-18-22-15-11-20(12-16-22)8-6-4-2/h9-18H,3-8H2,1-2H3/b18-17-. The third kappa shape index (κ3) is 5.52. The molecule has 0 nitrogen and oxygen atoms in total. The van der Waals surface area contributed by atoms with E-state index in [-0.39, 0.29) is 0 Å². The number of hydrogen-bond acceptors (Lipinski definition) is 0. The molecule has 0 saturated carbocycles. The first-order valence-electron chi connectivity index (χ1n) is 8.67. The van der Waals surface area contributed by atoms with Gasteiger partial charge in [0.05, 0.1) is 0 Å². The lowest BCUT2D eigenvalue weighted by atomic mass is 10.0. The Morgan fingerprint density at radius 2 is 0.955 bits per heavy atom. The Hall–Kier alpha value is -1.82. The molecule has 0 aromatic heterocycles. The van der Waals surface area contributed by atoms with Crippen LogP contribution in [0.5, 0.6) is 0 Å². The van der Waals surface area contributed by atoms with Crippen LogP contribution in [0, 0.1) is 0 Å². The van der Waals surface area contributed by atoms with Crippen molar-refractivity contribution in [2.45, 2.75) is 52.4 Å². The Morgan fingerprint density at radius 3 is 1.27 bits per heavy atom. The molecule has 0 aliphatic carbocycles. The third-order valence-corrected chi connectivity index (χ3v) is 4.07. The van der Waals surface area contributed by atoms with E-state index in [1.165, 1.54) is 60.8 Å². The average molecular weight is 292 g/mol. The Kier molecular flexibility index (Phi) is 6.96. The fourth-order valence-corrected chi connectivity index (χ4v) is 2.55. The van der Waals surface area contributed by atoms with E-state index in [1.807, 2.05) is 0 Å². The normalized spacial score (nSPS) is 11.2. The summed E-state index contributed by atoms with van der Waals surface area (Å²) >= 11 is 0. The number of aryl methyl sites for hydroxylation is 2. The van der Waals surface area contributed by atoms with Gasteiger partial charge in [0.15, 0.2) is 0 Å². The molecule has 0 heteroatoms. The van der Waals surface area contributed by atoms with Crippen molar-refractivity contribution in [1.29, 1.82) is 0 Å². The van der Waals surface area contributed by atoms with E-state index in [4.69, 9.17) is 0 Å². The first-order chi connectivity index (χ1) is 10.8. The summed E-state index contributed by atoms with van der Waals surface area (Å²) in [7, 11) is 0. The Bertz CT molecular complexity index is 504. The van der Waals surface area contributed by atoms with Gasteiger partial charge < -0.3 is 0 Å². The van der Waals surface area contributed by atoms with E-state index in [2.05, 4.69) is 74.5 Å². The van der Waals surface area contributed by atoms with Gasteiger partial charge in [0.2, 0.25) is 0 Å². The molecule has 2 rings (SSSR count). The zero-order valence-electron chi connectivity index (χ0n) is 14.0. The van der Waals surface area contributed by atoms with Gasteiger partial charge in [-0.2, -0.15) is 0 Å². The molecule has 0 unspecified atom stereocenters. The fraction of sp³-hybridized carbons (Fsp3) is 0.364. The summed E-state index contributed by atoms with van der Waals surface area (Å²) in [6.45, 7) is 4.48. The summed E-state index contributed by atoms with van der Waals surface area (Å²) in [4.78, 5) is 0. The molecule has 0 aliphatic heterocycles. The molecular weight excluding hydrogens is 264 g/mol. The van der Waals surface area contributed by atoms with Crippen molar-refractivity contribution in [2.75, 3.05) is 0 Å². The lowest BCUT2D eigenvalue weighted by molar-refractivity contribution is 0.795. The molecule has 0 atom stereocenters. The average Bonchev–Trinajstić information content (AvgIpc) is 2.58. The third-order valence-electron chi connectivity index (χ3n) is 4.07. The summed E-state index contributed by atoms with van der Waals surface area (Å²) in [5.74, 6) is 0. The molecule has 0 bridgehead atoms. The second kappa shape index (κ2) is 9.25. The Morgan fingerprint density at radius 1 is 0.591 bits per heavy atom. The minimum atomic E-state index is 1.19. The highest BCUT2D eigenvalue weighted by Gasteiger charge is 1.94. The van der Waals surface area contributed by atoms with Crippen molar-refractivity contribution < 1.29 is 0 Å². The van der Waals surface area contributed by atoms with Crippen LogP contribution in [0.2, 0.25) is 0 Å². The second-order valence-electron chi connectivity index (χ2n) is 6.02. The summed E-state index contributed by atoms with van der Waals surface area (Å²) in [6.07, 6.45) is 11.9. The molecule has 2 aromatic carbocycles. The van der Waals surface area contributed by atoms with Crippen LogP contribution in [0.1, 0.15) is 61.8 Å². The number of benzene rings is 2.